The van der Waals surface area contributed by atoms with Gasteiger partial charge in [-0.25, -0.2) is 4.79 Å². The molecule has 2 aromatic heterocycles. The minimum absolute atomic E-state index is 0.0946. The molecule has 0 unspecified atom stereocenters. The molecule has 0 atom stereocenters. The maximum Gasteiger partial charge on any atom is 0.338 e. The standard InChI is InChI=1S/C14H9BrN2O4/c15-10-5-3-9(4-6-10)14(18)20-8-12-16-17-13(21-12)11-2-1-7-19-11/h1-7H,8H2. The summed E-state index contributed by atoms with van der Waals surface area (Å²) in [6.45, 7) is -0.0946. The molecule has 3 aromatic rings. The number of esters is 1. The van der Waals surface area contributed by atoms with Crippen molar-refractivity contribution >= 4 is 21.9 Å². The van der Waals surface area contributed by atoms with Crippen LogP contribution in [0.2, 0.25) is 0 Å². The predicted molar refractivity (Wildman–Crippen MR) is 75.3 cm³/mol. The fraction of sp³-hybridized carbons (Fsp3) is 0.0714. The van der Waals surface area contributed by atoms with E-state index in [0.717, 1.165) is 4.47 Å². The molecule has 1 aromatic carbocycles. The third kappa shape index (κ3) is 3.19. The van der Waals surface area contributed by atoms with Gasteiger partial charge in [-0.2, -0.15) is 0 Å². The smallest absolute Gasteiger partial charge is 0.338 e. The number of halogens is 1. The topological polar surface area (TPSA) is 78.4 Å². The van der Waals surface area contributed by atoms with Gasteiger partial charge in [0.2, 0.25) is 0 Å². The summed E-state index contributed by atoms with van der Waals surface area (Å²) < 4.78 is 16.5. The second-order valence-electron chi connectivity index (χ2n) is 4.06. The highest BCUT2D eigenvalue weighted by molar-refractivity contribution is 9.10. The van der Waals surface area contributed by atoms with Gasteiger partial charge in [0.1, 0.15) is 0 Å². The highest BCUT2D eigenvalue weighted by atomic mass is 79.9. The van der Waals surface area contributed by atoms with Crippen LogP contribution in [0.3, 0.4) is 0 Å². The molecule has 0 fully saturated rings. The molecule has 0 aliphatic rings. The maximum absolute atomic E-state index is 11.8. The van der Waals surface area contributed by atoms with Crippen LogP contribution in [0.5, 0.6) is 0 Å². The van der Waals surface area contributed by atoms with Gasteiger partial charge in [0.15, 0.2) is 12.4 Å². The predicted octanol–water partition coefficient (Wildman–Crippen LogP) is 3.45. The van der Waals surface area contributed by atoms with Crippen molar-refractivity contribution in [2.75, 3.05) is 0 Å². The van der Waals surface area contributed by atoms with E-state index in [4.69, 9.17) is 13.6 Å². The van der Waals surface area contributed by atoms with E-state index in [9.17, 15) is 4.79 Å². The molecular weight excluding hydrogens is 340 g/mol. The average Bonchev–Trinajstić information content (AvgIpc) is 3.16. The molecular formula is C14H9BrN2O4. The van der Waals surface area contributed by atoms with E-state index < -0.39 is 5.97 Å². The lowest BCUT2D eigenvalue weighted by molar-refractivity contribution is 0.0438. The lowest BCUT2D eigenvalue weighted by Crippen LogP contribution is -2.05. The molecule has 6 nitrogen and oxygen atoms in total. The van der Waals surface area contributed by atoms with Gasteiger partial charge in [0.05, 0.1) is 11.8 Å². The van der Waals surface area contributed by atoms with Gasteiger partial charge in [-0.15, -0.1) is 10.2 Å². The number of furan rings is 1. The SMILES string of the molecule is O=C(OCc1nnc(-c2ccco2)o1)c1ccc(Br)cc1. The zero-order valence-corrected chi connectivity index (χ0v) is 12.2. The Morgan fingerprint density at radius 1 is 1.19 bits per heavy atom. The summed E-state index contributed by atoms with van der Waals surface area (Å²) in [7, 11) is 0. The van der Waals surface area contributed by atoms with Gasteiger partial charge in [-0.1, -0.05) is 15.9 Å². The maximum atomic E-state index is 11.8. The van der Waals surface area contributed by atoms with E-state index in [-0.39, 0.29) is 18.4 Å². The number of carbonyl (C=O) groups excluding carboxylic acids is 1. The summed E-state index contributed by atoms with van der Waals surface area (Å²) in [5.74, 6) is 0.454. The Bertz CT molecular complexity index is 735. The van der Waals surface area contributed by atoms with Crippen LogP contribution in [-0.2, 0) is 11.3 Å². The molecule has 0 aliphatic carbocycles. The zero-order valence-electron chi connectivity index (χ0n) is 10.7. The molecule has 0 radical (unpaired) electrons. The van der Waals surface area contributed by atoms with Gasteiger partial charge in [0.25, 0.3) is 11.8 Å². The zero-order chi connectivity index (χ0) is 14.7. The monoisotopic (exact) mass is 348 g/mol. The van der Waals surface area contributed by atoms with E-state index in [1.807, 2.05) is 0 Å². The van der Waals surface area contributed by atoms with Crippen LogP contribution in [0.25, 0.3) is 11.7 Å². The molecule has 21 heavy (non-hydrogen) atoms. The summed E-state index contributed by atoms with van der Waals surface area (Å²) in [4.78, 5) is 11.8. The van der Waals surface area contributed by atoms with Gasteiger partial charge >= 0.3 is 5.97 Å². The number of nitrogens with zero attached hydrogens (tertiary/aromatic N) is 2. The molecule has 0 saturated carbocycles. The van der Waals surface area contributed by atoms with Crippen molar-refractivity contribution < 1.29 is 18.4 Å². The third-order valence-electron chi connectivity index (χ3n) is 2.61. The van der Waals surface area contributed by atoms with Crippen LogP contribution in [0.15, 0.2) is 56.0 Å². The fourth-order valence-corrected chi connectivity index (χ4v) is 1.87. The Hall–Kier alpha value is -2.41. The quantitative estimate of drug-likeness (QED) is 0.672. The van der Waals surface area contributed by atoms with Crippen LogP contribution in [0.4, 0.5) is 0 Å². The molecule has 7 heteroatoms. The Balaban J connectivity index is 1.62. The molecule has 0 aliphatic heterocycles. The third-order valence-corrected chi connectivity index (χ3v) is 3.13. The van der Waals surface area contributed by atoms with Crippen LogP contribution >= 0.6 is 15.9 Å². The first-order valence-corrected chi connectivity index (χ1v) is 6.80. The summed E-state index contributed by atoms with van der Waals surface area (Å²) in [6, 6.07) is 10.3. The van der Waals surface area contributed by atoms with Gasteiger partial charge < -0.3 is 13.6 Å². The molecule has 0 saturated heterocycles. The second kappa shape index (κ2) is 5.92. The highest BCUT2D eigenvalue weighted by Gasteiger charge is 2.13. The molecule has 2 heterocycles. The molecule has 0 spiro atoms. The summed E-state index contributed by atoms with van der Waals surface area (Å²) in [5.41, 5.74) is 0.448. The molecule has 0 amide bonds. The average molecular weight is 349 g/mol. The number of ether oxygens (including phenoxy) is 1. The van der Waals surface area contributed by atoms with E-state index in [1.165, 1.54) is 6.26 Å². The van der Waals surface area contributed by atoms with E-state index in [2.05, 4.69) is 26.1 Å². The van der Waals surface area contributed by atoms with Crippen molar-refractivity contribution in [3.05, 3.63) is 58.6 Å². The van der Waals surface area contributed by atoms with Crippen molar-refractivity contribution in [2.24, 2.45) is 0 Å². The van der Waals surface area contributed by atoms with Crippen LogP contribution in [0, 0.1) is 0 Å². The number of hydrogen-bond acceptors (Lipinski definition) is 6. The Morgan fingerprint density at radius 2 is 2.00 bits per heavy atom. The lowest BCUT2D eigenvalue weighted by Gasteiger charge is -2.01. The van der Waals surface area contributed by atoms with Crippen LogP contribution < -0.4 is 0 Å². The van der Waals surface area contributed by atoms with Crippen LogP contribution in [-0.4, -0.2) is 16.2 Å². The number of carbonyl (C=O) groups is 1. The number of benzene rings is 1. The van der Waals surface area contributed by atoms with Crippen LogP contribution in [0.1, 0.15) is 16.2 Å². The number of aromatic nitrogens is 2. The normalized spacial score (nSPS) is 10.5. The second-order valence-corrected chi connectivity index (χ2v) is 4.98. The van der Waals surface area contributed by atoms with Gasteiger partial charge in [-0.05, 0) is 36.4 Å². The molecule has 0 N–H and O–H groups in total. The number of rotatable bonds is 4. The van der Waals surface area contributed by atoms with Crippen molar-refractivity contribution in [1.29, 1.82) is 0 Å². The van der Waals surface area contributed by atoms with E-state index in [0.29, 0.717) is 11.3 Å². The first-order chi connectivity index (χ1) is 10.2. The van der Waals surface area contributed by atoms with Crippen molar-refractivity contribution in [3.8, 4) is 11.7 Å². The molecule has 3 rings (SSSR count). The first kappa shape index (κ1) is 13.6. The summed E-state index contributed by atoms with van der Waals surface area (Å²) in [6.07, 6.45) is 1.51. The Labute approximate surface area is 127 Å². The molecule has 106 valence electrons. The largest absolute Gasteiger partial charge is 0.459 e. The van der Waals surface area contributed by atoms with Gasteiger partial charge in [-0.3, -0.25) is 0 Å². The summed E-state index contributed by atoms with van der Waals surface area (Å²) in [5, 5.41) is 7.60. The van der Waals surface area contributed by atoms with Crippen molar-refractivity contribution in [1.82, 2.24) is 10.2 Å². The van der Waals surface area contributed by atoms with Crippen molar-refractivity contribution in [2.45, 2.75) is 6.61 Å². The highest BCUT2D eigenvalue weighted by Crippen LogP contribution is 2.18. The minimum Gasteiger partial charge on any atom is -0.459 e. The Kier molecular flexibility index (Phi) is 3.83. The first-order valence-electron chi connectivity index (χ1n) is 6.01. The van der Waals surface area contributed by atoms with E-state index in [1.54, 1.807) is 36.4 Å². The lowest BCUT2D eigenvalue weighted by atomic mass is 10.2. The van der Waals surface area contributed by atoms with E-state index >= 15 is 0 Å². The summed E-state index contributed by atoms with van der Waals surface area (Å²) >= 11 is 3.30. The minimum atomic E-state index is -0.458. The number of hydrogen-bond donors (Lipinski definition) is 0. The van der Waals surface area contributed by atoms with Crippen molar-refractivity contribution in [3.63, 3.8) is 0 Å². The molecule has 0 bridgehead atoms. The fourth-order valence-electron chi connectivity index (χ4n) is 1.61. The Morgan fingerprint density at radius 3 is 2.71 bits per heavy atom. The van der Waals surface area contributed by atoms with Gasteiger partial charge in [0, 0.05) is 4.47 Å².